The van der Waals surface area contributed by atoms with E-state index < -0.39 is 0 Å². The van der Waals surface area contributed by atoms with E-state index in [2.05, 4.69) is 20.6 Å². The van der Waals surface area contributed by atoms with Gasteiger partial charge < -0.3 is 20.5 Å². The van der Waals surface area contributed by atoms with Crippen LogP contribution in [0.4, 0.5) is 5.82 Å². The highest BCUT2D eigenvalue weighted by Crippen LogP contribution is 2.29. The number of fused-ring (bicyclic) bond motifs is 1. The number of aromatic hydroxyl groups is 1. The van der Waals surface area contributed by atoms with Crippen LogP contribution in [0.3, 0.4) is 0 Å². The molecule has 1 fully saturated rings. The van der Waals surface area contributed by atoms with Gasteiger partial charge in [0.1, 0.15) is 5.75 Å². The molecule has 0 radical (unpaired) electrons. The van der Waals surface area contributed by atoms with Gasteiger partial charge in [0.15, 0.2) is 11.5 Å². The second kappa shape index (κ2) is 8.08. The third-order valence-electron chi connectivity index (χ3n) is 4.89. The molecule has 8 heteroatoms. The maximum atomic E-state index is 12.2. The zero-order valence-electron chi connectivity index (χ0n) is 16.6. The van der Waals surface area contributed by atoms with Crippen molar-refractivity contribution in [1.82, 2.24) is 19.7 Å². The van der Waals surface area contributed by atoms with Gasteiger partial charge in [-0.05, 0) is 38.8 Å². The first kappa shape index (κ1) is 19.2. The summed E-state index contributed by atoms with van der Waals surface area (Å²) in [6, 6.07) is 5.29. The molecule has 8 nitrogen and oxygen atoms in total. The van der Waals surface area contributed by atoms with Crippen molar-refractivity contribution in [3.05, 3.63) is 42.4 Å². The van der Waals surface area contributed by atoms with E-state index in [4.69, 9.17) is 4.74 Å². The average molecular weight is 395 g/mol. The number of hydrogen-bond acceptors (Lipinski definition) is 6. The molecule has 1 aromatic carbocycles. The summed E-state index contributed by atoms with van der Waals surface area (Å²) < 4.78 is 7.45. The van der Waals surface area contributed by atoms with E-state index in [0.717, 1.165) is 24.1 Å². The van der Waals surface area contributed by atoms with Gasteiger partial charge in [-0.3, -0.25) is 9.20 Å². The Labute approximate surface area is 168 Å². The minimum atomic E-state index is -0.242. The highest BCUT2D eigenvalue weighted by Gasteiger charge is 2.25. The lowest BCUT2D eigenvalue weighted by atomic mass is 10.1. The monoisotopic (exact) mass is 395 g/mol. The summed E-state index contributed by atoms with van der Waals surface area (Å²) in [7, 11) is 0. The number of nitrogens with one attached hydrogen (secondary N) is 2. The normalized spacial score (nSPS) is 14.7. The molecule has 0 bridgehead atoms. The minimum Gasteiger partial charge on any atom is -0.507 e. The first-order chi connectivity index (χ1) is 14.1. The fraction of sp³-hybridized carbons (Fsp3) is 0.381. The summed E-state index contributed by atoms with van der Waals surface area (Å²) in [6.45, 7) is 5.24. The zero-order valence-corrected chi connectivity index (χ0v) is 16.6. The first-order valence-electron chi connectivity index (χ1n) is 9.88. The number of anilines is 1. The van der Waals surface area contributed by atoms with Crippen molar-refractivity contribution in [2.45, 2.75) is 38.8 Å². The van der Waals surface area contributed by atoms with Crippen LogP contribution in [0.25, 0.3) is 16.9 Å². The Hall–Kier alpha value is -3.13. The van der Waals surface area contributed by atoms with E-state index in [1.54, 1.807) is 24.5 Å². The number of phenols is 1. The topological polar surface area (TPSA) is 101 Å². The van der Waals surface area contributed by atoms with Crippen LogP contribution in [-0.2, 0) is 4.74 Å². The van der Waals surface area contributed by atoms with E-state index in [0.29, 0.717) is 24.6 Å². The molecule has 0 saturated heterocycles. The molecule has 1 aliphatic rings. The summed E-state index contributed by atoms with van der Waals surface area (Å²) >= 11 is 0. The fourth-order valence-corrected chi connectivity index (χ4v) is 3.22. The van der Waals surface area contributed by atoms with Crippen molar-refractivity contribution >= 4 is 17.4 Å². The van der Waals surface area contributed by atoms with Gasteiger partial charge >= 0.3 is 0 Å². The Morgan fingerprint density at radius 3 is 2.93 bits per heavy atom. The number of hydrogen-bond donors (Lipinski definition) is 3. The van der Waals surface area contributed by atoms with Gasteiger partial charge in [-0.1, -0.05) is 6.07 Å². The summed E-state index contributed by atoms with van der Waals surface area (Å²) in [5.41, 5.74) is 2.52. The van der Waals surface area contributed by atoms with E-state index in [1.165, 1.54) is 0 Å². The first-order valence-corrected chi connectivity index (χ1v) is 9.88. The third-order valence-corrected chi connectivity index (χ3v) is 4.89. The summed E-state index contributed by atoms with van der Waals surface area (Å²) in [4.78, 5) is 21.1. The molecule has 0 aliphatic heterocycles. The molecule has 3 aromatic rings. The number of aromatic nitrogens is 3. The highest BCUT2D eigenvalue weighted by molar-refractivity contribution is 5.97. The van der Waals surface area contributed by atoms with E-state index in [-0.39, 0.29) is 29.4 Å². The molecule has 0 spiro atoms. The van der Waals surface area contributed by atoms with Crippen LogP contribution in [0.5, 0.6) is 5.75 Å². The van der Waals surface area contributed by atoms with E-state index in [1.807, 2.05) is 30.5 Å². The number of ether oxygens (including phenoxy) is 1. The van der Waals surface area contributed by atoms with Gasteiger partial charge in [-0.25, -0.2) is 9.97 Å². The smallest absolute Gasteiger partial charge is 0.255 e. The standard InChI is InChI=1S/C21H25N5O3/c1-3-29-13(2)11-23-19-20-24-12-17(26(20)9-8-22-19)14-4-7-16(18(27)10-14)21(28)25-15-5-6-15/h4,7-10,12-13,15,27H,3,5-6,11H2,1-2H3,(H,22,23)(H,25,28). The molecular formula is C21H25N5O3. The molecule has 2 heterocycles. The Morgan fingerprint density at radius 1 is 1.38 bits per heavy atom. The van der Waals surface area contributed by atoms with Gasteiger partial charge in [-0.15, -0.1) is 0 Å². The van der Waals surface area contributed by atoms with Gasteiger partial charge in [-0.2, -0.15) is 0 Å². The Balaban J connectivity index is 1.58. The van der Waals surface area contributed by atoms with Crippen LogP contribution in [0.15, 0.2) is 36.8 Å². The lowest BCUT2D eigenvalue weighted by Gasteiger charge is -2.13. The number of carbonyl (C=O) groups excluding carboxylic acids is 1. The average Bonchev–Trinajstić information content (AvgIpc) is 3.41. The lowest BCUT2D eigenvalue weighted by molar-refractivity contribution is 0.0855. The summed E-state index contributed by atoms with van der Waals surface area (Å²) in [5.74, 6) is 0.372. The number of benzene rings is 1. The Morgan fingerprint density at radius 2 is 2.21 bits per heavy atom. The van der Waals surface area contributed by atoms with Crippen molar-refractivity contribution in [1.29, 1.82) is 0 Å². The summed E-state index contributed by atoms with van der Waals surface area (Å²) in [5, 5.41) is 16.6. The Bertz CT molecular complexity index is 1030. The number of phenolic OH excluding ortho intramolecular Hbond substituents is 1. The quantitative estimate of drug-likeness (QED) is 0.542. The minimum absolute atomic E-state index is 0.0476. The molecule has 152 valence electrons. The second-order valence-corrected chi connectivity index (χ2v) is 7.24. The predicted octanol–water partition coefficient (Wildman–Crippen LogP) is 2.83. The number of rotatable bonds is 8. The third kappa shape index (κ3) is 4.17. The largest absolute Gasteiger partial charge is 0.507 e. The maximum Gasteiger partial charge on any atom is 0.255 e. The molecule has 1 atom stereocenters. The molecular weight excluding hydrogens is 370 g/mol. The Kier molecular flexibility index (Phi) is 5.35. The van der Waals surface area contributed by atoms with Gasteiger partial charge in [0, 0.05) is 37.2 Å². The molecule has 1 unspecified atom stereocenters. The van der Waals surface area contributed by atoms with Crippen LogP contribution in [0.1, 0.15) is 37.0 Å². The van der Waals surface area contributed by atoms with Gasteiger partial charge in [0.25, 0.3) is 5.91 Å². The highest BCUT2D eigenvalue weighted by atomic mass is 16.5. The SMILES string of the molecule is CCOC(C)CNc1nccn2c(-c3ccc(C(=O)NC4CC4)c(O)c3)cnc12. The van der Waals surface area contributed by atoms with Crippen molar-refractivity contribution in [2.75, 3.05) is 18.5 Å². The van der Waals surface area contributed by atoms with Crippen LogP contribution in [-0.4, -0.2) is 50.7 Å². The number of amides is 1. The van der Waals surface area contributed by atoms with Crippen molar-refractivity contribution in [3.63, 3.8) is 0 Å². The fourth-order valence-electron chi connectivity index (χ4n) is 3.22. The van der Waals surface area contributed by atoms with Crippen molar-refractivity contribution in [3.8, 4) is 17.0 Å². The molecule has 2 aromatic heterocycles. The maximum absolute atomic E-state index is 12.2. The van der Waals surface area contributed by atoms with Gasteiger partial charge in [0.05, 0.1) is 23.6 Å². The molecule has 1 saturated carbocycles. The van der Waals surface area contributed by atoms with Crippen molar-refractivity contribution < 1.29 is 14.6 Å². The number of imidazole rings is 1. The molecule has 3 N–H and O–H groups in total. The molecule has 1 amide bonds. The van der Waals surface area contributed by atoms with Crippen LogP contribution in [0, 0.1) is 0 Å². The summed E-state index contributed by atoms with van der Waals surface area (Å²) in [6.07, 6.45) is 7.30. The van der Waals surface area contributed by atoms with Crippen LogP contribution < -0.4 is 10.6 Å². The van der Waals surface area contributed by atoms with E-state index >= 15 is 0 Å². The predicted molar refractivity (Wildman–Crippen MR) is 110 cm³/mol. The second-order valence-electron chi connectivity index (χ2n) is 7.24. The number of carbonyl (C=O) groups is 1. The van der Waals surface area contributed by atoms with E-state index in [9.17, 15) is 9.90 Å². The van der Waals surface area contributed by atoms with Crippen LogP contribution >= 0.6 is 0 Å². The van der Waals surface area contributed by atoms with Crippen molar-refractivity contribution in [2.24, 2.45) is 0 Å². The number of nitrogens with zero attached hydrogens (tertiary/aromatic N) is 3. The molecule has 29 heavy (non-hydrogen) atoms. The van der Waals surface area contributed by atoms with Gasteiger partial charge in [0.2, 0.25) is 0 Å². The molecule has 1 aliphatic carbocycles. The van der Waals surface area contributed by atoms with Crippen LogP contribution in [0.2, 0.25) is 0 Å². The molecule has 4 rings (SSSR count). The zero-order chi connectivity index (χ0) is 20.4. The lowest BCUT2D eigenvalue weighted by Crippen LogP contribution is -2.25.